The van der Waals surface area contributed by atoms with Gasteiger partial charge in [0.25, 0.3) is 5.91 Å². The third kappa shape index (κ3) is 11.9. The van der Waals surface area contributed by atoms with Gasteiger partial charge in [-0.2, -0.15) is 18.4 Å². The lowest BCUT2D eigenvalue weighted by Crippen LogP contribution is -2.57. The molecule has 3 aliphatic heterocycles. The molecule has 76 heavy (non-hydrogen) atoms. The Bertz CT molecular complexity index is 3010. The van der Waals surface area contributed by atoms with Crippen LogP contribution in [-0.2, 0) is 36.6 Å². The SMILES string of the molecule is Cc1ncsc1-c1ccc(CNC2OC2[C@@H]2C[C@@H](O)CN2C(=O)[C@@H](NC(=O)COCC(F)C(F)COc2ccc(-c3ccc(N4C(=S)N(c5ccc(C#N)c(C(F)(F)F)c5F)C(=O)C4(C)C)cn3)cc2)C(C)(C)C)cc1. The molecule has 0 radical (unpaired) electrons. The van der Waals surface area contributed by atoms with Gasteiger partial charge in [0.15, 0.2) is 23.3 Å². The maximum Gasteiger partial charge on any atom is 0.420 e. The molecule has 15 nitrogen and oxygen atoms in total. The van der Waals surface area contributed by atoms with Crippen LogP contribution in [0.25, 0.3) is 21.7 Å². The zero-order valence-electron chi connectivity index (χ0n) is 42.0. The Hall–Kier alpha value is -6.55. The predicted octanol–water partition coefficient (Wildman–Crippen LogP) is 8.21. The first-order chi connectivity index (χ1) is 35.9. The van der Waals surface area contributed by atoms with E-state index >= 15 is 4.39 Å². The number of aromatic nitrogens is 2. The number of nitrogens with one attached hydrogen (secondary N) is 2. The number of carbonyl (C=O) groups excluding carboxylic acids is 3. The van der Waals surface area contributed by atoms with Crippen LogP contribution in [0.4, 0.5) is 37.7 Å². The molecule has 0 bridgehead atoms. The van der Waals surface area contributed by atoms with Gasteiger partial charge < -0.3 is 34.4 Å². The van der Waals surface area contributed by atoms with Crippen LogP contribution >= 0.6 is 23.6 Å². The van der Waals surface area contributed by atoms with Crippen LogP contribution in [0.5, 0.6) is 5.75 Å². The molecule has 3 amide bonds. The van der Waals surface area contributed by atoms with E-state index in [1.54, 1.807) is 56.4 Å². The number of β-amino-alcohol motifs (C(OH)–C–C–N with tert-alkyl or cyclic N) is 1. The lowest BCUT2D eigenvalue weighted by Gasteiger charge is -2.35. The molecule has 3 N–H and O–H groups in total. The lowest BCUT2D eigenvalue weighted by molar-refractivity contribution is -0.142. The number of aryl methyl sites for hydroxylation is 1. The van der Waals surface area contributed by atoms with Crippen LogP contribution < -0.4 is 25.2 Å². The van der Waals surface area contributed by atoms with Crippen molar-refractivity contribution in [2.75, 3.05) is 36.2 Å². The van der Waals surface area contributed by atoms with E-state index in [4.69, 9.17) is 26.4 Å². The fourth-order valence-corrected chi connectivity index (χ4v) is 10.5. The number of hydrogen-bond donors (Lipinski definition) is 3. The van der Waals surface area contributed by atoms with Crippen molar-refractivity contribution in [2.45, 2.75) is 109 Å². The Morgan fingerprint density at radius 1 is 1.00 bits per heavy atom. The largest absolute Gasteiger partial charge is 0.490 e. The molecule has 8 rings (SSSR count). The van der Waals surface area contributed by atoms with Crippen molar-refractivity contribution in [1.29, 1.82) is 5.26 Å². The summed E-state index contributed by atoms with van der Waals surface area (Å²) < 4.78 is 103. The Balaban J connectivity index is 0.789. The first-order valence-corrected chi connectivity index (χ1v) is 25.4. The highest BCUT2D eigenvalue weighted by Gasteiger charge is 2.54. The minimum atomic E-state index is -5.23. The van der Waals surface area contributed by atoms with E-state index in [0.29, 0.717) is 22.7 Å². The number of ether oxygens (including phenoxy) is 3. The molecule has 5 heterocycles. The van der Waals surface area contributed by atoms with Gasteiger partial charge in [0.2, 0.25) is 11.8 Å². The number of nitrogens with zero attached hydrogens (tertiary/aromatic N) is 6. The normalized spacial score (nSPS) is 20.6. The number of aliphatic hydroxyl groups is 1. The number of hydrogen-bond acceptors (Lipinski definition) is 13. The van der Waals surface area contributed by atoms with Gasteiger partial charge >= 0.3 is 6.18 Å². The minimum Gasteiger partial charge on any atom is -0.490 e. The van der Waals surface area contributed by atoms with Crippen molar-refractivity contribution in [2.24, 2.45) is 5.41 Å². The molecule has 7 atom stereocenters. The number of epoxide rings is 1. The second kappa shape index (κ2) is 22.2. The number of nitriles is 1. The van der Waals surface area contributed by atoms with E-state index in [1.807, 2.05) is 36.7 Å². The van der Waals surface area contributed by atoms with Crippen LogP contribution in [0.1, 0.15) is 63.4 Å². The first kappa shape index (κ1) is 55.7. The van der Waals surface area contributed by atoms with Crippen molar-refractivity contribution in [3.63, 3.8) is 0 Å². The molecule has 2 aromatic heterocycles. The summed E-state index contributed by atoms with van der Waals surface area (Å²) in [6, 6.07) is 19.0. The van der Waals surface area contributed by atoms with Crippen molar-refractivity contribution in [3.8, 4) is 33.5 Å². The molecule has 3 fully saturated rings. The Labute approximate surface area is 443 Å². The summed E-state index contributed by atoms with van der Waals surface area (Å²) in [6.45, 7) is 8.62. The summed E-state index contributed by atoms with van der Waals surface area (Å²) in [7, 11) is 0. The molecule has 0 saturated carbocycles. The van der Waals surface area contributed by atoms with Crippen molar-refractivity contribution < 1.29 is 60.0 Å². The van der Waals surface area contributed by atoms with Crippen LogP contribution in [0.15, 0.2) is 84.5 Å². The number of alkyl halides is 5. The third-order valence-corrected chi connectivity index (χ3v) is 14.6. The van der Waals surface area contributed by atoms with Gasteiger partial charge in [-0.1, -0.05) is 45.0 Å². The van der Waals surface area contributed by atoms with E-state index in [2.05, 4.69) is 20.6 Å². The molecule has 3 aliphatic rings. The van der Waals surface area contributed by atoms with E-state index in [1.165, 1.54) is 48.0 Å². The van der Waals surface area contributed by atoms with Crippen LogP contribution in [0.2, 0.25) is 0 Å². The Morgan fingerprint density at radius 3 is 2.30 bits per heavy atom. The van der Waals surface area contributed by atoms with Crippen LogP contribution in [0, 0.1) is 29.5 Å². The second-order valence-electron chi connectivity index (χ2n) is 20.2. The molecular weight excluding hydrogens is 1040 g/mol. The first-order valence-electron chi connectivity index (χ1n) is 24.1. The number of thiocarbonyl (C=S) groups is 1. The molecule has 0 spiro atoms. The van der Waals surface area contributed by atoms with Gasteiger partial charge in [-0.15, -0.1) is 11.3 Å². The molecule has 0 aliphatic carbocycles. The summed E-state index contributed by atoms with van der Waals surface area (Å²) in [5.41, 5.74) is 0.341. The van der Waals surface area contributed by atoms with Gasteiger partial charge in [-0.25, -0.2) is 18.2 Å². The average Bonchev–Trinajstić information content (AvgIpc) is 3.82. The summed E-state index contributed by atoms with van der Waals surface area (Å²) in [6.07, 6.45) is -9.43. The van der Waals surface area contributed by atoms with E-state index in [-0.39, 0.29) is 41.8 Å². The standard InChI is InChI=1S/C53H54F6N8O7S2/c1-28-45(76-27-63-28)31-9-7-29(8-10-31)21-62-47-44(74-47)40-19-34(68)23-65(40)48(70)46(51(2,3)4)64-41(69)26-72-24-36(54)37(55)25-73-35-15-11-30(12-16-35)38-17-14-33(22-61-38)67-50(75)66(49(71)52(67,5)6)39-18-13-32(20-60)42(43(39)56)53(57,58)59/h7-18,22,27,34,36-37,40,44,46-47,62,68H,19,21,23-26H2,1-6H3,(H,64,69)/t34-,36?,37?,40+,44?,46-,47?/m1/s1. The number of likely N-dealkylation sites (tertiary alicyclic amines) is 1. The smallest absolute Gasteiger partial charge is 0.420 e. The highest BCUT2D eigenvalue weighted by Crippen LogP contribution is 2.42. The van der Waals surface area contributed by atoms with Crippen molar-refractivity contribution in [1.82, 2.24) is 25.5 Å². The second-order valence-corrected chi connectivity index (χ2v) is 21.4. The molecule has 4 unspecified atom stereocenters. The highest BCUT2D eigenvalue weighted by molar-refractivity contribution is 7.81. The third-order valence-electron chi connectivity index (χ3n) is 13.3. The highest BCUT2D eigenvalue weighted by atomic mass is 32.1. The molecule has 23 heteroatoms. The van der Waals surface area contributed by atoms with Gasteiger partial charge in [-0.05, 0) is 104 Å². The van der Waals surface area contributed by atoms with Crippen molar-refractivity contribution in [3.05, 3.63) is 113 Å². The molecular formula is C53H54F6N8O7S2. The average molecular weight is 1090 g/mol. The van der Waals surface area contributed by atoms with E-state index in [9.17, 15) is 46.7 Å². The maximum atomic E-state index is 15.4. The summed E-state index contributed by atoms with van der Waals surface area (Å²) in [4.78, 5) is 54.2. The maximum absolute atomic E-state index is 15.4. The quantitative estimate of drug-likeness (QED) is 0.0434. The number of amides is 3. The molecule has 402 valence electrons. The topological polar surface area (TPSA) is 186 Å². The van der Waals surface area contributed by atoms with Gasteiger partial charge in [0, 0.05) is 18.7 Å². The van der Waals surface area contributed by atoms with Crippen molar-refractivity contribution >= 4 is 57.8 Å². The zero-order valence-corrected chi connectivity index (χ0v) is 43.7. The monoisotopic (exact) mass is 1090 g/mol. The van der Waals surface area contributed by atoms with E-state index < -0.39 is 108 Å². The summed E-state index contributed by atoms with van der Waals surface area (Å²) in [5, 5.41) is 25.6. The molecule has 3 aromatic carbocycles. The van der Waals surface area contributed by atoms with Gasteiger partial charge in [-0.3, -0.25) is 29.6 Å². The Kier molecular flexibility index (Phi) is 16.3. The van der Waals surface area contributed by atoms with E-state index in [0.717, 1.165) is 33.8 Å². The van der Waals surface area contributed by atoms with Gasteiger partial charge in [0.05, 0.1) is 69.7 Å². The number of benzene rings is 3. The zero-order chi connectivity index (χ0) is 55.0. The molecule has 5 aromatic rings. The van der Waals surface area contributed by atoms with Crippen LogP contribution in [0.3, 0.4) is 0 Å². The number of carbonyl (C=O) groups is 3. The fraction of sp³-hybridized carbons (Fsp3) is 0.415. The fourth-order valence-electron chi connectivity index (χ4n) is 9.19. The number of halogens is 6. The lowest BCUT2D eigenvalue weighted by atomic mass is 9.85. The number of pyridine rings is 1. The minimum absolute atomic E-state index is 0.0466. The number of rotatable bonds is 18. The number of aliphatic hydroxyl groups excluding tert-OH is 1. The number of anilines is 2. The predicted molar refractivity (Wildman–Crippen MR) is 274 cm³/mol. The Morgan fingerprint density at radius 2 is 1.68 bits per heavy atom. The molecule has 3 saturated heterocycles. The summed E-state index contributed by atoms with van der Waals surface area (Å²) in [5.74, 6) is -3.59. The summed E-state index contributed by atoms with van der Waals surface area (Å²) >= 11 is 7.09. The van der Waals surface area contributed by atoms with Crippen LogP contribution in [-0.4, -0.2) is 118 Å². The number of thiazole rings is 1. The van der Waals surface area contributed by atoms with Gasteiger partial charge in [0.1, 0.15) is 48.4 Å².